The van der Waals surface area contributed by atoms with Crippen LogP contribution in [0.1, 0.15) is 27.7 Å². The van der Waals surface area contributed by atoms with Crippen molar-refractivity contribution in [1.29, 1.82) is 0 Å². The summed E-state index contributed by atoms with van der Waals surface area (Å²) in [6.45, 7) is 8.00. The molecule has 0 aliphatic carbocycles. The molecule has 9 heavy (non-hydrogen) atoms. The van der Waals surface area contributed by atoms with Gasteiger partial charge in [-0.05, 0) is 0 Å². The minimum absolute atomic E-state index is 1.26. The Morgan fingerprint density at radius 3 is 1.78 bits per heavy atom. The van der Waals surface area contributed by atoms with Crippen LogP contribution in [0.3, 0.4) is 0 Å². The zero-order valence-corrected chi connectivity index (χ0v) is 6.46. The number of aromatic nitrogens is 2. The third-order valence-electron chi connectivity index (χ3n) is 0.283. The lowest BCUT2D eigenvalue weighted by Gasteiger charge is -1.45. The van der Waals surface area contributed by atoms with Crippen LogP contribution in [0.15, 0.2) is 17.2 Å². The SMILES string of the molecule is CC.CC.c1ncon1. The first-order chi connectivity index (χ1) is 4.50. The molecule has 1 rings (SSSR count). The van der Waals surface area contributed by atoms with Gasteiger partial charge in [0.2, 0.25) is 6.39 Å². The van der Waals surface area contributed by atoms with Gasteiger partial charge in [0.05, 0.1) is 0 Å². The Kier molecular flexibility index (Phi) is 19.2. The first kappa shape index (κ1) is 11.0. The molecule has 0 atom stereocenters. The molecule has 0 N–H and O–H groups in total. The number of nitrogens with zero attached hydrogens (tertiary/aromatic N) is 2. The predicted octanol–water partition coefficient (Wildman–Crippen LogP) is 2.12. The summed E-state index contributed by atoms with van der Waals surface area (Å²) in [5.74, 6) is 0. The number of hydrogen-bond donors (Lipinski definition) is 0. The topological polar surface area (TPSA) is 38.9 Å². The molecule has 0 aromatic carbocycles. The highest BCUT2D eigenvalue weighted by molar-refractivity contribution is 4.35. The van der Waals surface area contributed by atoms with E-state index in [2.05, 4.69) is 14.7 Å². The van der Waals surface area contributed by atoms with Crippen molar-refractivity contribution in [2.24, 2.45) is 0 Å². The Balaban J connectivity index is 0. The fourth-order valence-corrected chi connectivity index (χ4v) is 0.136. The molecule has 0 aliphatic heterocycles. The minimum Gasteiger partial charge on any atom is -0.343 e. The van der Waals surface area contributed by atoms with Crippen LogP contribution in [0, 0.1) is 0 Å². The second-order valence-corrected chi connectivity index (χ2v) is 0.581. The second kappa shape index (κ2) is 15.7. The third-order valence-corrected chi connectivity index (χ3v) is 0.283. The van der Waals surface area contributed by atoms with Crippen LogP contribution in [-0.2, 0) is 0 Å². The van der Waals surface area contributed by atoms with Gasteiger partial charge in [0.15, 0.2) is 6.33 Å². The van der Waals surface area contributed by atoms with Crippen molar-refractivity contribution >= 4 is 0 Å². The zero-order valence-electron chi connectivity index (χ0n) is 6.46. The van der Waals surface area contributed by atoms with Gasteiger partial charge in [-0.15, -0.1) is 0 Å². The van der Waals surface area contributed by atoms with Crippen LogP contribution in [0.4, 0.5) is 0 Å². The molecule has 0 aliphatic rings. The largest absolute Gasteiger partial charge is 0.343 e. The van der Waals surface area contributed by atoms with Crippen molar-refractivity contribution in [3.63, 3.8) is 0 Å². The minimum atomic E-state index is 1.26. The summed E-state index contributed by atoms with van der Waals surface area (Å²) >= 11 is 0. The first-order valence-corrected chi connectivity index (χ1v) is 3.19. The standard InChI is InChI=1S/C2H2N2O.2C2H6/c1-3-2-5-4-1;2*1-2/h1-2H;2*1-2H3. The highest BCUT2D eigenvalue weighted by Crippen LogP contribution is 1.62. The lowest BCUT2D eigenvalue weighted by atomic mass is 11.0. The molecule has 0 amide bonds. The molecule has 3 heteroatoms. The number of rotatable bonds is 0. The maximum absolute atomic E-state index is 4.22. The summed E-state index contributed by atoms with van der Waals surface area (Å²) in [6, 6.07) is 0. The molecule has 54 valence electrons. The van der Waals surface area contributed by atoms with Crippen molar-refractivity contribution < 1.29 is 4.52 Å². The molecule has 1 aromatic rings. The Morgan fingerprint density at radius 2 is 1.67 bits per heavy atom. The fraction of sp³-hybridized carbons (Fsp3) is 0.667. The molecular formula is C6H14N2O. The van der Waals surface area contributed by atoms with Gasteiger partial charge in [-0.3, -0.25) is 0 Å². The van der Waals surface area contributed by atoms with Gasteiger partial charge < -0.3 is 4.52 Å². The highest BCUT2D eigenvalue weighted by atomic mass is 16.5. The Morgan fingerprint density at radius 1 is 1.11 bits per heavy atom. The summed E-state index contributed by atoms with van der Waals surface area (Å²) in [6.07, 6.45) is 2.60. The molecule has 0 saturated carbocycles. The quantitative estimate of drug-likeness (QED) is 0.540. The van der Waals surface area contributed by atoms with Gasteiger partial charge in [-0.1, -0.05) is 32.9 Å². The van der Waals surface area contributed by atoms with Gasteiger partial charge >= 0.3 is 0 Å². The van der Waals surface area contributed by atoms with Crippen LogP contribution >= 0.6 is 0 Å². The lowest BCUT2D eigenvalue weighted by molar-refractivity contribution is 0.416. The molecule has 1 heterocycles. The Hall–Kier alpha value is -0.860. The summed E-state index contributed by atoms with van der Waals surface area (Å²) in [5.41, 5.74) is 0. The second-order valence-electron chi connectivity index (χ2n) is 0.581. The average molecular weight is 130 g/mol. The van der Waals surface area contributed by atoms with Crippen molar-refractivity contribution in [3.8, 4) is 0 Å². The first-order valence-electron chi connectivity index (χ1n) is 3.19. The summed E-state index contributed by atoms with van der Waals surface area (Å²) < 4.78 is 4.22. The zero-order chi connectivity index (χ0) is 7.54. The van der Waals surface area contributed by atoms with E-state index in [4.69, 9.17) is 0 Å². The molecule has 1 aromatic heterocycles. The van der Waals surface area contributed by atoms with Crippen molar-refractivity contribution in [2.75, 3.05) is 0 Å². The van der Waals surface area contributed by atoms with E-state index >= 15 is 0 Å². The van der Waals surface area contributed by atoms with Crippen LogP contribution in [0.25, 0.3) is 0 Å². The van der Waals surface area contributed by atoms with Gasteiger partial charge in [0.25, 0.3) is 0 Å². The maximum Gasteiger partial charge on any atom is 0.213 e. The average Bonchev–Trinajstić information content (AvgIpc) is 2.51. The summed E-state index contributed by atoms with van der Waals surface area (Å²) in [5, 5.41) is 3.24. The molecule has 0 unspecified atom stereocenters. The van der Waals surface area contributed by atoms with Crippen LogP contribution < -0.4 is 0 Å². The summed E-state index contributed by atoms with van der Waals surface area (Å²) in [7, 11) is 0. The van der Waals surface area contributed by atoms with Crippen LogP contribution in [-0.4, -0.2) is 10.1 Å². The fourth-order valence-electron chi connectivity index (χ4n) is 0.136. The van der Waals surface area contributed by atoms with E-state index in [0.29, 0.717) is 0 Å². The maximum atomic E-state index is 4.22. The monoisotopic (exact) mass is 130 g/mol. The van der Waals surface area contributed by atoms with E-state index in [1.54, 1.807) is 0 Å². The van der Waals surface area contributed by atoms with Crippen molar-refractivity contribution in [3.05, 3.63) is 12.7 Å². The van der Waals surface area contributed by atoms with Gasteiger partial charge in [-0.2, -0.15) is 0 Å². The molecule has 0 radical (unpaired) electrons. The van der Waals surface area contributed by atoms with E-state index in [9.17, 15) is 0 Å². The van der Waals surface area contributed by atoms with Crippen LogP contribution in [0.2, 0.25) is 0 Å². The van der Waals surface area contributed by atoms with Crippen molar-refractivity contribution in [1.82, 2.24) is 10.1 Å². The van der Waals surface area contributed by atoms with Crippen molar-refractivity contribution in [2.45, 2.75) is 27.7 Å². The van der Waals surface area contributed by atoms with E-state index in [1.165, 1.54) is 12.7 Å². The normalized spacial score (nSPS) is 5.78. The van der Waals surface area contributed by atoms with Crippen LogP contribution in [0.5, 0.6) is 0 Å². The molecule has 0 spiro atoms. The van der Waals surface area contributed by atoms with E-state index in [-0.39, 0.29) is 0 Å². The molecule has 0 fully saturated rings. The van der Waals surface area contributed by atoms with E-state index < -0.39 is 0 Å². The smallest absolute Gasteiger partial charge is 0.213 e. The molecular weight excluding hydrogens is 116 g/mol. The third kappa shape index (κ3) is 11.0. The Labute approximate surface area is 56.1 Å². The van der Waals surface area contributed by atoms with Gasteiger partial charge in [-0.25, -0.2) is 4.98 Å². The van der Waals surface area contributed by atoms with Gasteiger partial charge in [0.1, 0.15) is 0 Å². The number of hydrogen-bond acceptors (Lipinski definition) is 3. The van der Waals surface area contributed by atoms with E-state index in [1.807, 2.05) is 27.7 Å². The lowest BCUT2D eigenvalue weighted by Crippen LogP contribution is -1.44. The molecule has 0 bridgehead atoms. The highest BCUT2D eigenvalue weighted by Gasteiger charge is 1.60. The molecule has 0 saturated heterocycles. The van der Waals surface area contributed by atoms with Gasteiger partial charge in [0, 0.05) is 0 Å². The predicted molar refractivity (Wildman–Crippen MR) is 37.0 cm³/mol. The van der Waals surface area contributed by atoms with E-state index in [0.717, 1.165) is 0 Å². The molecule has 3 nitrogen and oxygen atoms in total. The summed E-state index contributed by atoms with van der Waals surface area (Å²) in [4.78, 5) is 3.44. The Bertz CT molecular complexity index is 67.5.